The Morgan fingerprint density at radius 1 is 1.25 bits per heavy atom. The minimum atomic E-state index is -0.294. The van der Waals surface area contributed by atoms with Crippen LogP contribution in [0.2, 0.25) is 0 Å². The number of hydrogen-bond donors (Lipinski definition) is 0. The average molecular weight is 157 g/mol. The third-order valence-corrected chi connectivity index (χ3v) is 1.49. The molecule has 0 spiro atoms. The second-order valence-corrected chi connectivity index (χ2v) is 2.32. The highest BCUT2D eigenvalue weighted by molar-refractivity contribution is 6.36. The Labute approximate surface area is 69.5 Å². The van der Waals surface area contributed by atoms with Crippen LogP contribution in [-0.4, -0.2) is 18.0 Å². The molecule has 2 rings (SSSR count). The Hall–Kier alpha value is -1.77. The summed E-state index contributed by atoms with van der Waals surface area (Å²) in [7, 11) is 0. The third-order valence-electron chi connectivity index (χ3n) is 1.49. The molecule has 3 nitrogen and oxygen atoms in total. The Balaban J connectivity index is 2.40. The van der Waals surface area contributed by atoms with Gasteiger partial charge >= 0.3 is 0 Å². The van der Waals surface area contributed by atoms with E-state index in [1.807, 2.05) is 12.1 Å². The van der Waals surface area contributed by atoms with Gasteiger partial charge in [-0.05, 0) is 6.07 Å². The Morgan fingerprint density at radius 2 is 2.00 bits per heavy atom. The van der Waals surface area contributed by atoms with Gasteiger partial charge in [0.2, 0.25) is 0 Å². The molecule has 1 amide bonds. The van der Waals surface area contributed by atoms with Crippen molar-refractivity contribution in [1.29, 1.82) is 0 Å². The molecule has 0 saturated heterocycles. The van der Waals surface area contributed by atoms with E-state index in [-0.39, 0.29) is 5.91 Å². The van der Waals surface area contributed by atoms with E-state index in [1.54, 1.807) is 12.1 Å². The van der Waals surface area contributed by atoms with E-state index in [1.165, 1.54) is 6.21 Å². The molecule has 1 aliphatic heterocycles. The normalized spacial score (nSPS) is 15.0. The molecule has 0 saturated carbocycles. The largest absolute Gasteiger partial charge is 0.290 e. The van der Waals surface area contributed by atoms with Crippen molar-refractivity contribution in [3.8, 4) is 0 Å². The maximum absolute atomic E-state index is 10.7. The molecular formula is C9H5N2O. The van der Waals surface area contributed by atoms with Crippen molar-refractivity contribution in [3.05, 3.63) is 35.9 Å². The van der Waals surface area contributed by atoms with Crippen molar-refractivity contribution in [2.75, 3.05) is 0 Å². The lowest BCUT2D eigenvalue weighted by molar-refractivity contribution is -0.111. The summed E-state index contributed by atoms with van der Waals surface area (Å²) in [6.07, 6.45) is 1.21. The van der Waals surface area contributed by atoms with Gasteiger partial charge in [0.25, 0.3) is 5.91 Å². The molecule has 1 aromatic carbocycles. The van der Waals surface area contributed by atoms with Crippen LogP contribution in [0.25, 0.3) is 0 Å². The molecule has 1 radical (unpaired) electrons. The van der Waals surface area contributed by atoms with Gasteiger partial charge in [-0.1, -0.05) is 24.3 Å². The first-order valence-electron chi connectivity index (χ1n) is 3.49. The van der Waals surface area contributed by atoms with Gasteiger partial charge in [0.1, 0.15) is 0 Å². The molecule has 12 heavy (non-hydrogen) atoms. The number of aliphatic imine (C=N–C) groups is 2. The van der Waals surface area contributed by atoms with E-state index >= 15 is 0 Å². The lowest BCUT2D eigenvalue weighted by Gasteiger charge is -1.93. The number of rotatable bonds is 1. The molecular weight excluding hydrogens is 152 g/mol. The van der Waals surface area contributed by atoms with Crippen LogP contribution >= 0.6 is 0 Å². The Bertz CT molecular complexity index is 365. The summed E-state index contributed by atoms with van der Waals surface area (Å²) in [5, 5.41) is 0. The molecule has 0 aromatic heterocycles. The van der Waals surface area contributed by atoms with Gasteiger partial charge in [0, 0.05) is 5.56 Å². The molecule has 0 bridgehead atoms. The minimum absolute atomic E-state index is 0.294. The van der Waals surface area contributed by atoms with Gasteiger partial charge in [-0.2, -0.15) is 4.99 Å². The van der Waals surface area contributed by atoms with Crippen LogP contribution in [0.3, 0.4) is 0 Å². The first kappa shape index (κ1) is 6.91. The van der Waals surface area contributed by atoms with Crippen molar-refractivity contribution in [3.63, 3.8) is 0 Å². The van der Waals surface area contributed by atoms with Crippen LogP contribution in [0.15, 0.2) is 34.3 Å². The molecule has 0 atom stereocenters. The fourth-order valence-electron chi connectivity index (χ4n) is 0.954. The molecule has 0 fully saturated rings. The molecule has 1 heterocycles. The Kier molecular flexibility index (Phi) is 1.55. The maximum Gasteiger partial charge on any atom is 0.290 e. The van der Waals surface area contributed by atoms with Crippen LogP contribution in [0.5, 0.6) is 0 Å². The number of carbonyl (C=O) groups is 1. The van der Waals surface area contributed by atoms with Crippen molar-refractivity contribution < 1.29 is 4.79 Å². The van der Waals surface area contributed by atoms with Crippen molar-refractivity contribution in [2.24, 2.45) is 9.98 Å². The summed E-state index contributed by atoms with van der Waals surface area (Å²) >= 11 is 0. The van der Waals surface area contributed by atoms with E-state index in [2.05, 4.69) is 16.1 Å². The highest BCUT2D eigenvalue weighted by Gasteiger charge is 2.08. The van der Waals surface area contributed by atoms with Gasteiger partial charge in [-0.15, -0.1) is 0 Å². The summed E-state index contributed by atoms with van der Waals surface area (Å²) in [6, 6.07) is 10.0. The monoisotopic (exact) mass is 157 g/mol. The molecule has 57 valence electrons. The van der Waals surface area contributed by atoms with Crippen molar-refractivity contribution in [1.82, 2.24) is 0 Å². The molecule has 3 heteroatoms. The second kappa shape index (κ2) is 2.70. The highest BCUT2D eigenvalue weighted by atomic mass is 16.1. The quantitative estimate of drug-likeness (QED) is 0.595. The van der Waals surface area contributed by atoms with E-state index in [0.29, 0.717) is 5.84 Å². The first-order valence-corrected chi connectivity index (χ1v) is 3.49. The lowest BCUT2D eigenvalue weighted by atomic mass is 10.2. The van der Waals surface area contributed by atoms with Crippen molar-refractivity contribution >= 4 is 18.0 Å². The molecule has 0 N–H and O–H groups in total. The molecule has 1 aromatic rings. The number of nitrogens with zero attached hydrogens (tertiary/aromatic N) is 2. The maximum atomic E-state index is 10.7. The van der Waals surface area contributed by atoms with Gasteiger partial charge in [0.05, 0.1) is 6.21 Å². The van der Waals surface area contributed by atoms with Gasteiger partial charge < -0.3 is 0 Å². The summed E-state index contributed by atoms with van der Waals surface area (Å²) in [5.41, 5.74) is 0.843. The van der Waals surface area contributed by atoms with Gasteiger partial charge in [-0.25, -0.2) is 4.99 Å². The van der Waals surface area contributed by atoms with Crippen LogP contribution < -0.4 is 0 Å². The third kappa shape index (κ3) is 1.16. The van der Waals surface area contributed by atoms with Crippen LogP contribution in [0.1, 0.15) is 5.56 Å². The van der Waals surface area contributed by atoms with Crippen LogP contribution in [0, 0.1) is 6.07 Å². The van der Waals surface area contributed by atoms with E-state index in [0.717, 1.165) is 5.56 Å². The standard InChI is InChI=1S/C9H5N2O/c12-8-6-10-9(11-8)7-4-2-1-3-5-7/h2-6H. The van der Waals surface area contributed by atoms with E-state index in [9.17, 15) is 4.79 Å². The molecule has 0 unspecified atom stereocenters. The number of carbonyl (C=O) groups excluding carboxylic acids is 1. The average Bonchev–Trinajstić information content (AvgIpc) is 2.54. The van der Waals surface area contributed by atoms with Gasteiger partial charge in [-0.3, -0.25) is 4.79 Å². The topological polar surface area (TPSA) is 41.8 Å². The zero-order valence-corrected chi connectivity index (χ0v) is 6.19. The number of amides is 1. The predicted molar refractivity (Wildman–Crippen MR) is 45.3 cm³/mol. The lowest BCUT2D eigenvalue weighted by Crippen LogP contribution is -1.93. The smallest absolute Gasteiger partial charge is 0.266 e. The molecule has 0 aliphatic carbocycles. The second-order valence-electron chi connectivity index (χ2n) is 2.32. The Morgan fingerprint density at radius 3 is 2.58 bits per heavy atom. The summed E-state index contributed by atoms with van der Waals surface area (Å²) < 4.78 is 0. The number of hydrogen-bond acceptors (Lipinski definition) is 2. The zero-order valence-electron chi connectivity index (χ0n) is 6.19. The molecule has 1 aliphatic rings. The van der Waals surface area contributed by atoms with Gasteiger partial charge in [0.15, 0.2) is 5.84 Å². The van der Waals surface area contributed by atoms with E-state index < -0.39 is 0 Å². The number of amidine groups is 1. The van der Waals surface area contributed by atoms with Crippen LogP contribution in [-0.2, 0) is 4.79 Å². The predicted octanol–water partition coefficient (Wildman–Crippen LogP) is 0.844. The van der Waals surface area contributed by atoms with E-state index in [4.69, 9.17) is 0 Å². The zero-order chi connectivity index (χ0) is 8.39. The first-order chi connectivity index (χ1) is 5.86. The summed E-state index contributed by atoms with van der Waals surface area (Å²) in [5.74, 6) is 0.187. The fraction of sp³-hybridized carbons (Fsp3) is 0. The van der Waals surface area contributed by atoms with Crippen molar-refractivity contribution in [2.45, 2.75) is 0 Å². The summed E-state index contributed by atoms with van der Waals surface area (Å²) in [6.45, 7) is 0. The van der Waals surface area contributed by atoms with Crippen LogP contribution in [0.4, 0.5) is 0 Å². The highest BCUT2D eigenvalue weighted by Crippen LogP contribution is 2.04. The fourth-order valence-corrected chi connectivity index (χ4v) is 0.954. The number of benzene rings is 1. The summed E-state index contributed by atoms with van der Waals surface area (Å²) in [4.78, 5) is 18.2. The SMILES string of the molecule is O=C1C=NC(c2cc[c]cc2)=N1. The minimum Gasteiger partial charge on any atom is -0.266 e.